The maximum absolute atomic E-state index is 13.2. The molecule has 2 fully saturated rings. The predicted molar refractivity (Wildman–Crippen MR) is 90.0 cm³/mol. The van der Waals surface area contributed by atoms with E-state index < -0.39 is 0 Å². The Morgan fingerprint density at radius 1 is 1.12 bits per heavy atom. The lowest BCUT2D eigenvalue weighted by molar-refractivity contribution is 0.119. The van der Waals surface area contributed by atoms with E-state index in [0.29, 0.717) is 18.0 Å². The molecule has 1 aromatic heterocycles. The zero-order valence-electron chi connectivity index (χ0n) is 13.8. The third-order valence-corrected chi connectivity index (χ3v) is 5.57. The molecule has 24 heavy (non-hydrogen) atoms. The molecule has 4 atom stereocenters. The number of likely N-dealkylation sites (tertiary alicyclic amines) is 1. The monoisotopic (exact) mass is 329 g/mol. The van der Waals surface area contributed by atoms with Crippen molar-refractivity contribution in [3.05, 3.63) is 48.3 Å². The third-order valence-electron chi connectivity index (χ3n) is 5.57. The van der Waals surface area contributed by atoms with Crippen molar-refractivity contribution in [2.45, 2.75) is 49.7 Å². The van der Waals surface area contributed by atoms with Crippen LogP contribution in [0.15, 0.2) is 36.9 Å². The van der Waals surface area contributed by atoms with Gasteiger partial charge in [0, 0.05) is 18.6 Å². The van der Waals surface area contributed by atoms with Crippen LogP contribution in [0, 0.1) is 5.82 Å². The second-order valence-corrected chi connectivity index (χ2v) is 7.13. The predicted octanol–water partition coefficient (Wildman–Crippen LogP) is 2.33. The molecule has 0 radical (unpaired) electrons. The van der Waals surface area contributed by atoms with Crippen LogP contribution in [-0.4, -0.2) is 44.8 Å². The van der Waals surface area contributed by atoms with Gasteiger partial charge in [-0.1, -0.05) is 12.1 Å². The first kappa shape index (κ1) is 15.7. The van der Waals surface area contributed by atoms with Crippen LogP contribution in [0.2, 0.25) is 0 Å². The maximum atomic E-state index is 13.2. The van der Waals surface area contributed by atoms with Gasteiger partial charge in [-0.15, -0.1) is 0 Å². The maximum Gasteiger partial charge on any atom is 0.137 e. The molecule has 2 aliphatic rings. The molecule has 128 valence electrons. The molecule has 1 saturated heterocycles. The minimum Gasteiger partial charge on any atom is -0.327 e. The van der Waals surface area contributed by atoms with Crippen molar-refractivity contribution in [3.63, 3.8) is 0 Å². The van der Waals surface area contributed by atoms with Crippen LogP contribution >= 0.6 is 0 Å². The summed E-state index contributed by atoms with van der Waals surface area (Å²) in [6, 6.07) is 7.93. The average molecular weight is 329 g/mol. The van der Waals surface area contributed by atoms with Gasteiger partial charge in [0.25, 0.3) is 0 Å². The molecule has 1 aliphatic carbocycles. The summed E-state index contributed by atoms with van der Waals surface area (Å²) in [5, 5.41) is 4.39. The minimum atomic E-state index is -0.178. The summed E-state index contributed by atoms with van der Waals surface area (Å²) in [5.74, 6) is 0.242. The number of hydrogen-bond donors (Lipinski definition) is 1. The van der Waals surface area contributed by atoms with E-state index in [2.05, 4.69) is 15.0 Å². The summed E-state index contributed by atoms with van der Waals surface area (Å²) >= 11 is 0. The Morgan fingerprint density at radius 3 is 2.62 bits per heavy atom. The molecule has 0 amide bonds. The summed E-state index contributed by atoms with van der Waals surface area (Å²) in [5.41, 5.74) is 7.41. The topological polar surface area (TPSA) is 60.0 Å². The highest BCUT2D eigenvalue weighted by atomic mass is 19.1. The van der Waals surface area contributed by atoms with Gasteiger partial charge in [-0.2, -0.15) is 5.10 Å². The molecular weight excluding hydrogens is 305 g/mol. The first-order valence-electron chi connectivity index (χ1n) is 8.80. The van der Waals surface area contributed by atoms with Gasteiger partial charge in [-0.25, -0.2) is 14.1 Å². The van der Waals surface area contributed by atoms with E-state index in [1.165, 1.54) is 5.56 Å². The lowest BCUT2D eigenvalue weighted by Gasteiger charge is -2.38. The number of benzene rings is 1. The number of aromatic nitrogens is 3. The van der Waals surface area contributed by atoms with Gasteiger partial charge >= 0.3 is 0 Å². The quantitative estimate of drug-likeness (QED) is 0.939. The third kappa shape index (κ3) is 3.08. The SMILES string of the molecule is NC1CCCN([C@@H]2C[C@H](c3ccc(F)cc3)C[C@H]2n2cncn2)C1. The van der Waals surface area contributed by atoms with Crippen LogP contribution in [0.1, 0.15) is 43.2 Å². The summed E-state index contributed by atoms with van der Waals surface area (Å²) < 4.78 is 15.2. The molecule has 2 heterocycles. The zero-order valence-corrected chi connectivity index (χ0v) is 13.8. The molecule has 1 unspecified atom stereocenters. The highest BCUT2D eigenvalue weighted by Crippen LogP contribution is 2.43. The van der Waals surface area contributed by atoms with E-state index >= 15 is 0 Å². The Bertz CT molecular complexity index is 657. The van der Waals surface area contributed by atoms with Crippen molar-refractivity contribution in [3.8, 4) is 0 Å². The Morgan fingerprint density at radius 2 is 1.92 bits per heavy atom. The number of halogens is 1. The molecule has 4 rings (SSSR count). The van der Waals surface area contributed by atoms with Crippen LogP contribution in [0.25, 0.3) is 0 Å². The molecule has 2 N–H and O–H groups in total. The van der Waals surface area contributed by atoms with Gasteiger partial charge in [0.1, 0.15) is 18.5 Å². The average Bonchev–Trinajstić information content (AvgIpc) is 3.25. The number of piperidine rings is 1. The van der Waals surface area contributed by atoms with Crippen molar-refractivity contribution in [1.29, 1.82) is 0 Å². The van der Waals surface area contributed by atoms with E-state index in [1.54, 1.807) is 18.5 Å². The molecule has 2 aromatic rings. The van der Waals surface area contributed by atoms with E-state index in [9.17, 15) is 4.39 Å². The van der Waals surface area contributed by atoms with E-state index in [4.69, 9.17) is 5.73 Å². The van der Waals surface area contributed by atoms with Crippen molar-refractivity contribution in [2.75, 3.05) is 13.1 Å². The highest BCUT2D eigenvalue weighted by Gasteiger charge is 2.40. The zero-order chi connectivity index (χ0) is 16.5. The summed E-state index contributed by atoms with van der Waals surface area (Å²) in [7, 11) is 0. The Kier molecular flexibility index (Phi) is 4.33. The van der Waals surface area contributed by atoms with Crippen molar-refractivity contribution >= 4 is 0 Å². The second-order valence-electron chi connectivity index (χ2n) is 7.13. The Balaban J connectivity index is 1.59. The van der Waals surface area contributed by atoms with E-state index in [0.717, 1.165) is 38.8 Å². The first-order valence-corrected chi connectivity index (χ1v) is 8.80. The highest BCUT2D eigenvalue weighted by molar-refractivity contribution is 5.23. The number of hydrogen-bond acceptors (Lipinski definition) is 4. The normalized spacial score (nSPS) is 31.4. The van der Waals surface area contributed by atoms with Crippen LogP contribution in [0.4, 0.5) is 4.39 Å². The number of nitrogens with two attached hydrogens (primary N) is 1. The summed E-state index contributed by atoms with van der Waals surface area (Å²) in [6.45, 7) is 2.05. The fourth-order valence-corrected chi connectivity index (χ4v) is 4.41. The van der Waals surface area contributed by atoms with Gasteiger partial charge in [0.05, 0.1) is 6.04 Å². The summed E-state index contributed by atoms with van der Waals surface area (Å²) in [4.78, 5) is 6.66. The lowest BCUT2D eigenvalue weighted by Crippen LogP contribution is -2.49. The Labute approximate surface area is 141 Å². The van der Waals surface area contributed by atoms with E-state index in [-0.39, 0.29) is 11.9 Å². The molecule has 1 aliphatic heterocycles. The molecule has 6 heteroatoms. The van der Waals surface area contributed by atoms with Gasteiger partial charge in [-0.05, 0) is 55.8 Å². The van der Waals surface area contributed by atoms with Gasteiger partial charge in [0.15, 0.2) is 0 Å². The van der Waals surface area contributed by atoms with Crippen molar-refractivity contribution < 1.29 is 4.39 Å². The van der Waals surface area contributed by atoms with E-state index in [1.807, 2.05) is 23.1 Å². The van der Waals surface area contributed by atoms with Gasteiger partial charge in [-0.3, -0.25) is 4.90 Å². The molecule has 1 saturated carbocycles. The molecule has 5 nitrogen and oxygen atoms in total. The standard InChI is InChI=1S/C18H24FN5/c19-15-5-3-13(4-6-15)14-8-17(23-7-1-2-16(20)10-23)18(9-14)24-12-21-11-22-24/h3-6,11-12,14,16-18H,1-2,7-10,20H2/t14-,16?,17+,18+/m0/s1. The van der Waals surface area contributed by atoms with Crippen LogP contribution < -0.4 is 5.73 Å². The fourth-order valence-electron chi connectivity index (χ4n) is 4.41. The Hall–Kier alpha value is -1.79. The van der Waals surface area contributed by atoms with Crippen LogP contribution in [0.3, 0.4) is 0 Å². The molecule has 0 spiro atoms. The smallest absolute Gasteiger partial charge is 0.137 e. The minimum absolute atomic E-state index is 0.178. The molecule has 1 aromatic carbocycles. The number of rotatable bonds is 3. The fraction of sp³-hybridized carbons (Fsp3) is 0.556. The second kappa shape index (κ2) is 6.61. The summed E-state index contributed by atoms with van der Waals surface area (Å²) in [6.07, 6.45) is 7.74. The molecule has 0 bridgehead atoms. The van der Waals surface area contributed by atoms with Crippen LogP contribution in [-0.2, 0) is 0 Å². The van der Waals surface area contributed by atoms with Crippen molar-refractivity contribution in [1.82, 2.24) is 19.7 Å². The largest absolute Gasteiger partial charge is 0.327 e. The van der Waals surface area contributed by atoms with Gasteiger partial charge < -0.3 is 5.73 Å². The lowest BCUT2D eigenvalue weighted by atomic mass is 9.97. The number of nitrogens with zero attached hydrogens (tertiary/aromatic N) is 4. The van der Waals surface area contributed by atoms with Gasteiger partial charge in [0.2, 0.25) is 0 Å². The molecular formula is C18H24FN5. The van der Waals surface area contributed by atoms with Crippen LogP contribution in [0.5, 0.6) is 0 Å². The first-order chi connectivity index (χ1) is 11.7. The van der Waals surface area contributed by atoms with Crippen molar-refractivity contribution in [2.24, 2.45) is 5.73 Å².